The molecule has 1 aromatic carbocycles. The molecular formula is C19H22N4. The van der Waals surface area contributed by atoms with Crippen LogP contribution in [0.15, 0.2) is 42.6 Å². The van der Waals surface area contributed by atoms with E-state index >= 15 is 0 Å². The zero-order chi connectivity index (χ0) is 15.6. The highest BCUT2D eigenvalue weighted by atomic mass is 15.2. The summed E-state index contributed by atoms with van der Waals surface area (Å²) in [5, 5.41) is 8.93. The first-order chi connectivity index (χ1) is 11.3. The van der Waals surface area contributed by atoms with E-state index in [0.717, 1.165) is 18.6 Å². The predicted molar refractivity (Wildman–Crippen MR) is 92.1 cm³/mol. The van der Waals surface area contributed by atoms with E-state index in [1.807, 2.05) is 12.3 Å². The van der Waals surface area contributed by atoms with Gasteiger partial charge in [-0.15, -0.1) is 0 Å². The van der Waals surface area contributed by atoms with Gasteiger partial charge < -0.3 is 0 Å². The van der Waals surface area contributed by atoms with Gasteiger partial charge in [0, 0.05) is 36.3 Å². The van der Waals surface area contributed by atoms with Crippen molar-refractivity contribution >= 4 is 10.9 Å². The molecule has 0 unspecified atom stereocenters. The van der Waals surface area contributed by atoms with Gasteiger partial charge in [-0.2, -0.15) is 5.10 Å². The minimum Gasteiger partial charge on any atom is -0.296 e. The fraction of sp³-hybridized carbons (Fsp3) is 0.368. The van der Waals surface area contributed by atoms with Crippen LogP contribution >= 0.6 is 0 Å². The molecule has 23 heavy (non-hydrogen) atoms. The lowest BCUT2D eigenvalue weighted by molar-refractivity contribution is 0.316. The van der Waals surface area contributed by atoms with Gasteiger partial charge >= 0.3 is 0 Å². The Morgan fingerprint density at radius 1 is 1.17 bits per heavy atom. The standard InChI is InChI=1S/C19H22N4/c1-23(13-16-11-19(22-21-16)14-5-4-6-14)12-15-9-10-20-18-8-3-2-7-17(15)18/h2-3,7-11,14H,4-6,12-13H2,1H3,(H,21,22). The summed E-state index contributed by atoms with van der Waals surface area (Å²) in [6, 6.07) is 12.7. The van der Waals surface area contributed by atoms with E-state index in [9.17, 15) is 0 Å². The summed E-state index contributed by atoms with van der Waals surface area (Å²) in [6.07, 6.45) is 5.84. The fourth-order valence-electron chi connectivity index (χ4n) is 3.30. The van der Waals surface area contributed by atoms with Gasteiger partial charge in [-0.25, -0.2) is 0 Å². The van der Waals surface area contributed by atoms with E-state index in [2.05, 4.69) is 57.5 Å². The monoisotopic (exact) mass is 306 g/mol. The maximum Gasteiger partial charge on any atom is 0.0705 e. The van der Waals surface area contributed by atoms with Crippen molar-refractivity contribution in [3.63, 3.8) is 0 Å². The first kappa shape index (κ1) is 14.4. The number of hydrogen-bond acceptors (Lipinski definition) is 3. The molecule has 1 aliphatic carbocycles. The number of H-pyrrole nitrogens is 1. The van der Waals surface area contributed by atoms with Crippen LogP contribution in [-0.4, -0.2) is 27.1 Å². The SMILES string of the molecule is CN(Cc1cc(C2CCC2)n[nH]1)Cc1ccnc2ccccc12. The van der Waals surface area contributed by atoms with Crippen LogP contribution in [0.2, 0.25) is 0 Å². The first-order valence-corrected chi connectivity index (χ1v) is 8.35. The minimum atomic E-state index is 0.689. The molecule has 1 fully saturated rings. The zero-order valence-electron chi connectivity index (χ0n) is 13.5. The molecule has 0 atom stereocenters. The van der Waals surface area contributed by atoms with E-state index in [-0.39, 0.29) is 0 Å². The number of fused-ring (bicyclic) bond motifs is 1. The zero-order valence-corrected chi connectivity index (χ0v) is 13.5. The van der Waals surface area contributed by atoms with Gasteiger partial charge in [0.05, 0.1) is 11.2 Å². The van der Waals surface area contributed by atoms with Crippen molar-refractivity contribution in [2.75, 3.05) is 7.05 Å². The number of hydrogen-bond donors (Lipinski definition) is 1. The molecule has 3 aromatic rings. The lowest BCUT2D eigenvalue weighted by Crippen LogP contribution is -2.17. The third kappa shape index (κ3) is 2.99. The van der Waals surface area contributed by atoms with Crippen molar-refractivity contribution in [3.8, 4) is 0 Å². The molecule has 1 saturated carbocycles. The van der Waals surface area contributed by atoms with Gasteiger partial charge in [0.2, 0.25) is 0 Å². The molecule has 2 heterocycles. The van der Waals surface area contributed by atoms with Crippen molar-refractivity contribution in [2.24, 2.45) is 0 Å². The highest BCUT2D eigenvalue weighted by Gasteiger charge is 2.22. The van der Waals surface area contributed by atoms with Crippen molar-refractivity contribution in [3.05, 3.63) is 59.5 Å². The van der Waals surface area contributed by atoms with Gasteiger partial charge in [0.25, 0.3) is 0 Å². The summed E-state index contributed by atoms with van der Waals surface area (Å²) in [5.74, 6) is 0.689. The Kier molecular flexibility index (Phi) is 3.83. The van der Waals surface area contributed by atoms with Gasteiger partial charge in [-0.1, -0.05) is 24.6 Å². The number of nitrogens with zero attached hydrogens (tertiary/aromatic N) is 3. The Balaban J connectivity index is 1.46. The number of rotatable bonds is 5. The highest BCUT2D eigenvalue weighted by molar-refractivity contribution is 5.81. The molecule has 4 nitrogen and oxygen atoms in total. The third-order valence-electron chi connectivity index (χ3n) is 4.79. The van der Waals surface area contributed by atoms with E-state index in [1.54, 1.807) is 0 Å². The summed E-state index contributed by atoms with van der Waals surface area (Å²) in [7, 11) is 2.15. The lowest BCUT2D eigenvalue weighted by Gasteiger charge is -2.22. The van der Waals surface area contributed by atoms with E-state index in [1.165, 1.54) is 41.6 Å². The molecule has 118 valence electrons. The Labute approximate surface area is 136 Å². The molecule has 0 saturated heterocycles. The molecule has 2 aromatic heterocycles. The predicted octanol–water partition coefficient (Wildman–Crippen LogP) is 3.86. The van der Waals surface area contributed by atoms with Gasteiger partial charge in [-0.05, 0) is 43.7 Å². The van der Waals surface area contributed by atoms with Crippen molar-refractivity contribution in [2.45, 2.75) is 38.3 Å². The Bertz CT molecular complexity index is 798. The summed E-state index contributed by atoms with van der Waals surface area (Å²) in [4.78, 5) is 6.76. The molecule has 1 aliphatic rings. The number of aromatic nitrogens is 3. The minimum absolute atomic E-state index is 0.689. The topological polar surface area (TPSA) is 44.8 Å². The second-order valence-electron chi connectivity index (χ2n) is 6.61. The molecule has 0 amide bonds. The molecule has 1 N–H and O–H groups in total. The average molecular weight is 306 g/mol. The Morgan fingerprint density at radius 2 is 2.04 bits per heavy atom. The third-order valence-corrected chi connectivity index (χ3v) is 4.79. The molecule has 0 bridgehead atoms. The summed E-state index contributed by atoms with van der Waals surface area (Å²) < 4.78 is 0. The Morgan fingerprint density at radius 3 is 2.87 bits per heavy atom. The molecular weight excluding hydrogens is 284 g/mol. The largest absolute Gasteiger partial charge is 0.296 e. The molecule has 0 spiro atoms. The van der Waals surface area contributed by atoms with Crippen LogP contribution < -0.4 is 0 Å². The van der Waals surface area contributed by atoms with Crippen LogP contribution in [0, 0.1) is 0 Å². The van der Waals surface area contributed by atoms with Crippen LogP contribution in [0.3, 0.4) is 0 Å². The lowest BCUT2D eigenvalue weighted by atomic mass is 9.83. The number of para-hydroxylation sites is 1. The maximum absolute atomic E-state index is 4.49. The molecule has 4 rings (SSSR count). The quantitative estimate of drug-likeness (QED) is 0.778. The van der Waals surface area contributed by atoms with Crippen molar-refractivity contribution < 1.29 is 0 Å². The summed E-state index contributed by atoms with van der Waals surface area (Å²) >= 11 is 0. The van der Waals surface area contributed by atoms with Crippen LogP contribution in [0.5, 0.6) is 0 Å². The van der Waals surface area contributed by atoms with Gasteiger partial charge in [0.1, 0.15) is 0 Å². The number of nitrogens with one attached hydrogen (secondary N) is 1. The normalized spacial score (nSPS) is 15.2. The number of pyridine rings is 1. The van der Waals surface area contributed by atoms with E-state index in [4.69, 9.17) is 0 Å². The van der Waals surface area contributed by atoms with E-state index < -0.39 is 0 Å². The first-order valence-electron chi connectivity index (χ1n) is 8.35. The van der Waals surface area contributed by atoms with Crippen LogP contribution in [-0.2, 0) is 13.1 Å². The van der Waals surface area contributed by atoms with Crippen molar-refractivity contribution in [1.82, 2.24) is 20.1 Å². The summed E-state index contributed by atoms with van der Waals surface area (Å²) in [6.45, 7) is 1.79. The second kappa shape index (κ2) is 6.13. The summed E-state index contributed by atoms with van der Waals surface area (Å²) in [5.41, 5.74) is 4.82. The maximum atomic E-state index is 4.49. The van der Waals surface area contributed by atoms with E-state index in [0.29, 0.717) is 5.92 Å². The van der Waals surface area contributed by atoms with Crippen LogP contribution in [0.1, 0.15) is 42.1 Å². The smallest absolute Gasteiger partial charge is 0.0705 e. The van der Waals surface area contributed by atoms with Gasteiger partial charge in [-0.3, -0.25) is 15.0 Å². The molecule has 4 heteroatoms. The van der Waals surface area contributed by atoms with Crippen molar-refractivity contribution in [1.29, 1.82) is 0 Å². The fourth-order valence-corrected chi connectivity index (χ4v) is 3.30. The van der Waals surface area contributed by atoms with Gasteiger partial charge in [0.15, 0.2) is 0 Å². The number of benzene rings is 1. The second-order valence-corrected chi connectivity index (χ2v) is 6.61. The average Bonchev–Trinajstić information content (AvgIpc) is 2.93. The molecule has 0 radical (unpaired) electrons. The highest BCUT2D eigenvalue weighted by Crippen LogP contribution is 2.35. The molecule has 0 aliphatic heterocycles. The van der Waals surface area contributed by atoms with Crippen LogP contribution in [0.4, 0.5) is 0 Å². The number of aromatic amines is 1. The van der Waals surface area contributed by atoms with Crippen LogP contribution in [0.25, 0.3) is 10.9 Å². The Hall–Kier alpha value is -2.20.